The van der Waals surface area contributed by atoms with Gasteiger partial charge in [-0.25, -0.2) is 9.78 Å². The van der Waals surface area contributed by atoms with Crippen LogP contribution in [0.15, 0.2) is 9.59 Å². The van der Waals surface area contributed by atoms with Crippen molar-refractivity contribution in [2.45, 2.75) is 26.2 Å². The molecule has 0 spiro atoms. The van der Waals surface area contributed by atoms with Crippen molar-refractivity contribution in [2.75, 3.05) is 0 Å². The van der Waals surface area contributed by atoms with Gasteiger partial charge < -0.3 is 0 Å². The lowest BCUT2D eigenvalue weighted by molar-refractivity contribution is 0.661. The van der Waals surface area contributed by atoms with Gasteiger partial charge in [-0.15, -0.1) is 10.2 Å². The molecule has 1 N–H and O–H groups in total. The summed E-state index contributed by atoms with van der Waals surface area (Å²) in [5, 5.41) is 7.74. The van der Waals surface area contributed by atoms with E-state index < -0.39 is 11.2 Å². The number of nitrogens with one attached hydrogen (secondary N) is 1. The molecule has 0 saturated carbocycles. The van der Waals surface area contributed by atoms with Crippen LogP contribution in [0.3, 0.4) is 0 Å². The molecule has 1 atom stereocenters. The van der Waals surface area contributed by atoms with E-state index in [2.05, 4.69) is 20.2 Å². The highest BCUT2D eigenvalue weighted by Gasteiger charge is 2.12. The van der Waals surface area contributed by atoms with Crippen molar-refractivity contribution in [2.24, 2.45) is 7.05 Å². The summed E-state index contributed by atoms with van der Waals surface area (Å²) in [6, 6.07) is 0. The predicted molar refractivity (Wildman–Crippen MR) is 61.9 cm³/mol. The monoisotopic (exact) mass is 235 g/mol. The number of aromatic amines is 1. The first-order chi connectivity index (χ1) is 8.04. The van der Waals surface area contributed by atoms with Gasteiger partial charge in [-0.2, -0.15) is 0 Å². The molecule has 0 aliphatic rings. The standard InChI is InChI=1S/C10H13N5O2/c1-4-5(2)7-11-6-8(14-13-7)12-10(17)15(3)9(6)16/h5H,4H2,1-3H3,(H,12,14,17). The molecule has 0 bridgehead atoms. The van der Waals surface area contributed by atoms with Crippen LogP contribution in [0, 0.1) is 0 Å². The molecule has 7 heteroatoms. The van der Waals surface area contributed by atoms with Crippen LogP contribution in [0.5, 0.6) is 0 Å². The van der Waals surface area contributed by atoms with Gasteiger partial charge in [0.05, 0.1) is 0 Å². The van der Waals surface area contributed by atoms with E-state index in [4.69, 9.17) is 0 Å². The molecule has 90 valence electrons. The summed E-state index contributed by atoms with van der Waals surface area (Å²) in [4.78, 5) is 29.8. The van der Waals surface area contributed by atoms with E-state index in [9.17, 15) is 9.59 Å². The zero-order chi connectivity index (χ0) is 12.6. The average Bonchev–Trinajstić information content (AvgIpc) is 2.35. The summed E-state index contributed by atoms with van der Waals surface area (Å²) in [7, 11) is 1.39. The number of aromatic nitrogens is 5. The molecule has 2 heterocycles. The lowest BCUT2D eigenvalue weighted by atomic mass is 10.1. The lowest BCUT2D eigenvalue weighted by Crippen LogP contribution is -2.33. The van der Waals surface area contributed by atoms with Gasteiger partial charge in [0.1, 0.15) is 0 Å². The Bertz CT molecular complexity index is 672. The molecule has 0 aliphatic heterocycles. The van der Waals surface area contributed by atoms with Crippen LogP contribution in [0.2, 0.25) is 0 Å². The number of hydrogen-bond donors (Lipinski definition) is 1. The van der Waals surface area contributed by atoms with Crippen LogP contribution < -0.4 is 11.2 Å². The topological polar surface area (TPSA) is 93.5 Å². The molecule has 2 aromatic heterocycles. The molecule has 2 aromatic rings. The third kappa shape index (κ3) is 1.83. The Labute approximate surface area is 96.5 Å². The van der Waals surface area contributed by atoms with Crippen molar-refractivity contribution in [3.8, 4) is 0 Å². The van der Waals surface area contributed by atoms with Crippen LogP contribution in [0.25, 0.3) is 11.2 Å². The second kappa shape index (κ2) is 4.08. The largest absolute Gasteiger partial charge is 0.329 e. The van der Waals surface area contributed by atoms with Gasteiger partial charge in [0.15, 0.2) is 17.0 Å². The Morgan fingerprint density at radius 1 is 1.35 bits per heavy atom. The van der Waals surface area contributed by atoms with Crippen molar-refractivity contribution in [3.05, 3.63) is 26.7 Å². The van der Waals surface area contributed by atoms with E-state index >= 15 is 0 Å². The Hall–Kier alpha value is -2.05. The highest BCUT2D eigenvalue weighted by molar-refractivity contribution is 5.66. The van der Waals surface area contributed by atoms with Gasteiger partial charge in [-0.3, -0.25) is 14.3 Å². The van der Waals surface area contributed by atoms with E-state index in [1.807, 2.05) is 13.8 Å². The van der Waals surface area contributed by atoms with E-state index in [1.165, 1.54) is 7.05 Å². The average molecular weight is 235 g/mol. The number of rotatable bonds is 2. The number of nitrogens with zero attached hydrogens (tertiary/aromatic N) is 4. The fourth-order valence-corrected chi connectivity index (χ4v) is 1.40. The maximum absolute atomic E-state index is 11.8. The van der Waals surface area contributed by atoms with Gasteiger partial charge in [0.25, 0.3) is 5.56 Å². The Kier molecular flexibility index (Phi) is 2.74. The highest BCUT2D eigenvalue weighted by Crippen LogP contribution is 2.13. The fourth-order valence-electron chi connectivity index (χ4n) is 1.40. The van der Waals surface area contributed by atoms with Crippen LogP contribution in [0.1, 0.15) is 32.0 Å². The normalized spacial score (nSPS) is 12.9. The van der Waals surface area contributed by atoms with Gasteiger partial charge in [0, 0.05) is 13.0 Å². The smallest absolute Gasteiger partial charge is 0.288 e. The maximum atomic E-state index is 11.8. The van der Waals surface area contributed by atoms with Gasteiger partial charge in [-0.1, -0.05) is 13.8 Å². The fraction of sp³-hybridized carbons (Fsp3) is 0.500. The van der Waals surface area contributed by atoms with E-state index in [1.54, 1.807) is 0 Å². The third-order valence-electron chi connectivity index (χ3n) is 2.79. The maximum Gasteiger partial charge on any atom is 0.329 e. The molecule has 0 radical (unpaired) electrons. The first-order valence-corrected chi connectivity index (χ1v) is 5.38. The molecule has 0 fully saturated rings. The molecule has 0 aliphatic carbocycles. The molecular weight excluding hydrogens is 222 g/mol. The number of hydrogen-bond acceptors (Lipinski definition) is 5. The van der Waals surface area contributed by atoms with Crippen LogP contribution in [-0.4, -0.2) is 24.7 Å². The first-order valence-electron chi connectivity index (χ1n) is 5.38. The van der Waals surface area contributed by atoms with E-state index in [-0.39, 0.29) is 17.1 Å². The molecule has 7 nitrogen and oxygen atoms in total. The minimum Gasteiger partial charge on any atom is -0.288 e. The van der Waals surface area contributed by atoms with Crippen molar-refractivity contribution in [1.82, 2.24) is 24.7 Å². The van der Waals surface area contributed by atoms with E-state index in [0.29, 0.717) is 5.82 Å². The minimum atomic E-state index is -0.519. The Morgan fingerprint density at radius 2 is 2.06 bits per heavy atom. The third-order valence-corrected chi connectivity index (χ3v) is 2.79. The molecule has 17 heavy (non-hydrogen) atoms. The second-order valence-corrected chi connectivity index (χ2v) is 3.97. The molecular formula is C10H13N5O2. The summed E-state index contributed by atoms with van der Waals surface area (Å²) in [6.07, 6.45) is 0.858. The number of fused-ring (bicyclic) bond motifs is 1. The lowest BCUT2D eigenvalue weighted by Gasteiger charge is -2.06. The summed E-state index contributed by atoms with van der Waals surface area (Å²) >= 11 is 0. The summed E-state index contributed by atoms with van der Waals surface area (Å²) in [5.41, 5.74) is -0.694. The van der Waals surface area contributed by atoms with Crippen LogP contribution in [0.4, 0.5) is 0 Å². The molecule has 0 amide bonds. The Balaban J connectivity index is 2.78. The quantitative estimate of drug-likeness (QED) is 0.786. The van der Waals surface area contributed by atoms with Gasteiger partial charge >= 0.3 is 5.69 Å². The van der Waals surface area contributed by atoms with Crippen molar-refractivity contribution in [3.63, 3.8) is 0 Å². The predicted octanol–water partition coefficient (Wildman–Crippen LogP) is -0.0747. The van der Waals surface area contributed by atoms with Crippen molar-refractivity contribution >= 4 is 11.2 Å². The SMILES string of the molecule is CCC(C)c1nnc2[nH]c(=O)n(C)c(=O)c2n1. The molecule has 2 rings (SSSR count). The van der Waals surface area contributed by atoms with E-state index in [0.717, 1.165) is 11.0 Å². The van der Waals surface area contributed by atoms with Gasteiger partial charge in [-0.05, 0) is 6.42 Å². The zero-order valence-corrected chi connectivity index (χ0v) is 9.89. The van der Waals surface area contributed by atoms with Crippen LogP contribution >= 0.6 is 0 Å². The second-order valence-electron chi connectivity index (χ2n) is 3.97. The Morgan fingerprint density at radius 3 is 2.71 bits per heavy atom. The summed E-state index contributed by atoms with van der Waals surface area (Å²) < 4.78 is 0.970. The highest BCUT2D eigenvalue weighted by atomic mass is 16.2. The molecule has 0 saturated heterocycles. The van der Waals surface area contributed by atoms with Gasteiger partial charge in [0.2, 0.25) is 0 Å². The molecule has 1 unspecified atom stereocenters. The minimum absolute atomic E-state index is 0.128. The summed E-state index contributed by atoms with van der Waals surface area (Å²) in [5.74, 6) is 0.646. The van der Waals surface area contributed by atoms with Crippen molar-refractivity contribution in [1.29, 1.82) is 0 Å². The number of H-pyrrole nitrogens is 1. The zero-order valence-electron chi connectivity index (χ0n) is 9.89. The van der Waals surface area contributed by atoms with Crippen molar-refractivity contribution < 1.29 is 0 Å². The molecule has 0 aromatic carbocycles. The first kappa shape index (κ1) is 11.4. The van der Waals surface area contributed by atoms with Crippen LogP contribution in [-0.2, 0) is 7.05 Å². The summed E-state index contributed by atoms with van der Waals surface area (Å²) in [6.45, 7) is 3.96.